The summed E-state index contributed by atoms with van der Waals surface area (Å²) in [6, 6.07) is 14.7. The summed E-state index contributed by atoms with van der Waals surface area (Å²) in [5.74, 6) is 0.865. The minimum atomic E-state index is 0.215. The van der Waals surface area contributed by atoms with Gasteiger partial charge in [-0.3, -0.25) is 4.90 Å². The number of hydrogen-bond acceptors (Lipinski definition) is 4. The second-order valence-corrected chi connectivity index (χ2v) is 7.45. The van der Waals surface area contributed by atoms with Crippen LogP contribution in [-0.2, 0) is 4.74 Å². The zero-order chi connectivity index (χ0) is 19.9. The topological polar surface area (TPSA) is 45.8 Å². The van der Waals surface area contributed by atoms with Gasteiger partial charge in [0.25, 0.3) is 0 Å². The van der Waals surface area contributed by atoms with E-state index >= 15 is 0 Å². The average Bonchev–Trinajstić information content (AvgIpc) is 2.72. The predicted molar refractivity (Wildman–Crippen MR) is 118 cm³/mol. The number of nitrogens with zero attached hydrogens (tertiary/aromatic N) is 1. The van der Waals surface area contributed by atoms with Crippen LogP contribution in [-0.4, -0.2) is 50.0 Å². The fourth-order valence-electron chi connectivity index (χ4n) is 3.53. The van der Waals surface area contributed by atoms with E-state index in [4.69, 9.17) is 21.7 Å². The Morgan fingerprint density at radius 1 is 1.11 bits per heavy atom. The third-order valence-corrected chi connectivity index (χ3v) is 5.41. The van der Waals surface area contributed by atoms with Gasteiger partial charge in [0.05, 0.1) is 26.4 Å². The number of nitrogens with one attached hydrogen (secondary N) is 2. The van der Waals surface area contributed by atoms with Crippen molar-refractivity contribution in [3.05, 3.63) is 59.2 Å². The summed E-state index contributed by atoms with van der Waals surface area (Å²) in [7, 11) is 1.69. The molecule has 1 aliphatic heterocycles. The number of rotatable bonds is 6. The quantitative estimate of drug-likeness (QED) is 0.723. The molecule has 0 bridgehead atoms. The second kappa shape index (κ2) is 9.87. The summed E-state index contributed by atoms with van der Waals surface area (Å²) in [6.07, 6.45) is 0. The molecular weight excluding hydrogens is 370 g/mol. The molecule has 28 heavy (non-hydrogen) atoms. The van der Waals surface area contributed by atoms with Gasteiger partial charge in [-0.25, -0.2) is 0 Å². The van der Waals surface area contributed by atoms with Crippen molar-refractivity contribution in [3.63, 3.8) is 0 Å². The van der Waals surface area contributed by atoms with E-state index < -0.39 is 0 Å². The number of benzene rings is 2. The molecule has 150 valence electrons. The van der Waals surface area contributed by atoms with E-state index in [2.05, 4.69) is 59.7 Å². The van der Waals surface area contributed by atoms with Gasteiger partial charge in [-0.2, -0.15) is 0 Å². The molecule has 0 amide bonds. The van der Waals surface area contributed by atoms with Crippen LogP contribution in [0.3, 0.4) is 0 Å². The van der Waals surface area contributed by atoms with Gasteiger partial charge in [-0.15, -0.1) is 0 Å². The van der Waals surface area contributed by atoms with Crippen molar-refractivity contribution in [1.29, 1.82) is 0 Å². The molecule has 2 aromatic carbocycles. The monoisotopic (exact) mass is 399 g/mol. The molecule has 0 radical (unpaired) electrons. The Hall–Kier alpha value is -2.15. The van der Waals surface area contributed by atoms with Gasteiger partial charge in [0.1, 0.15) is 5.75 Å². The van der Waals surface area contributed by atoms with Crippen LogP contribution in [0.25, 0.3) is 0 Å². The summed E-state index contributed by atoms with van der Waals surface area (Å²) in [5, 5.41) is 7.42. The first kappa shape index (κ1) is 20.6. The highest BCUT2D eigenvalue weighted by Gasteiger charge is 2.23. The lowest BCUT2D eigenvalue weighted by Crippen LogP contribution is -2.44. The molecule has 2 aromatic rings. The molecule has 1 atom stereocenters. The number of methoxy groups -OCH3 is 1. The van der Waals surface area contributed by atoms with Crippen molar-refractivity contribution in [2.24, 2.45) is 0 Å². The van der Waals surface area contributed by atoms with Crippen LogP contribution < -0.4 is 15.4 Å². The standard InChI is InChI=1S/C22H29N3O2S/c1-16-5-4-6-17(2)21(16)24-22(28)23-15-20(25-11-13-27-14-12-25)18-7-9-19(26-3)10-8-18/h4-10,20H,11-15H2,1-3H3,(H2,23,24,28). The molecule has 2 N–H and O–H groups in total. The smallest absolute Gasteiger partial charge is 0.170 e. The summed E-state index contributed by atoms with van der Waals surface area (Å²) in [6.45, 7) is 8.25. The molecule has 0 spiro atoms. The largest absolute Gasteiger partial charge is 0.497 e. The highest BCUT2D eigenvalue weighted by molar-refractivity contribution is 7.80. The number of ether oxygens (including phenoxy) is 2. The summed E-state index contributed by atoms with van der Waals surface area (Å²) < 4.78 is 10.8. The number of anilines is 1. The Kier molecular flexibility index (Phi) is 7.25. The average molecular weight is 400 g/mol. The number of morpholine rings is 1. The minimum Gasteiger partial charge on any atom is -0.497 e. The Morgan fingerprint density at radius 3 is 2.36 bits per heavy atom. The molecule has 0 aliphatic carbocycles. The molecule has 0 aromatic heterocycles. The molecule has 1 fully saturated rings. The number of thiocarbonyl (C=S) groups is 1. The molecule has 1 heterocycles. The van der Waals surface area contributed by atoms with Crippen molar-refractivity contribution < 1.29 is 9.47 Å². The van der Waals surface area contributed by atoms with E-state index in [1.165, 1.54) is 16.7 Å². The molecule has 6 heteroatoms. The molecule has 3 rings (SSSR count). The van der Waals surface area contributed by atoms with Gasteiger partial charge < -0.3 is 20.1 Å². The third-order valence-electron chi connectivity index (χ3n) is 5.16. The molecule has 1 saturated heterocycles. The molecular formula is C22H29N3O2S. The predicted octanol–water partition coefficient (Wildman–Crippen LogP) is 3.67. The van der Waals surface area contributed by atoms with Gasteiger partial charge in [0, 0.05) is 25.3 Å². The number of para-hydroxylation sites is 1. The van der Waals surface area contributed by atoms with E-state index in [9.17, 15) is 0 Å². The second-order valence-electron chi connectivity index (χ2n) is 7.04. The molecule has 5 nitrogen and oxygen atoms in total. The van der Waals surface area contributed by atoms with Crippen molar-refractivity contribution in [2.75, 3.05) is 45.3 Å². The Morgan fingerprint density at radius 2 is 1.75 bits per heavy atom. The van der Waals surface area contributed by atoms with Crippen LogP contribution in [0.15, 0.2) is 42.5 Å². The van der Waals surface area contributed by atoms with Crippen molar-refractivity contribution >= 4 is 23.0 Å². The van der Waals surface area contributed by atoms with E-state index in [1.54, 1.807) is 7.11 Å². The fourth-order valence-corrected chi connectivity index (χ4v) is 3.72. The normalized spacial score (nSPS) is 15.7. The fraction of sp³-hybridized carbons (Fsp3) is 0.409. The minimum absolute atomic E-state index is 0.215. The maximum Gasteiger partial charge on any atom is 0.170 e. The summed E-state index contributed by atoms with van der Waals surface area (Å²) in [5.41, 5.74) is 4.69. The lowest BCUT2D eigenvalue weighted by Gasteiger charge is -2.35. The van der Waals surface area contributed by atoms with Crippen LogP contribution in [0.2, 0.25) is 0 Å². The zero-order valence-corrected chi connectivity index (χ0v) is 17.6. The van der Waals surface area contributed by atoms with Crippen LogP contribution in [0.1, 0.15) is 22.7 Å². The van der Waals surface area contributed by atoms with Gasteiger partial charge in [-0.05, 0) is 54.9 Å². The summed E-state index contributed by atoms with van der Waals surface area (Å²) in [4.78, 5) is 2.44. The van der Waals surface area contributed by atoms with Gasteiger partial charge >= 0.3 is 0 Å². The highest BCUT2D eigenvalue weighted by Crippen LogP contribution is 2.24. The van der Waals surface area contributed by atoms with Gasteiger partial charge in [0.2, 0.25) is 0 Å². The van der Waals surface area contributed by atoms with Gasteiger partial charge in [-0.1, -0.05) is 30.3 Å². The maximum atomic E-state index is 5.58. The van der Waals surface area contributed by atoms with Crippen molar-refractivity contribution in [1.82, 2.24) is 10.2 Å². The number of aryl methyl sites for hydroxylation is 2. The van der Waals surface area contributed by atoms with Crippen LogP contribution in [0.4, 0.5) is 5.69 Å². The van der Waals surface area contributed by atoms with E-state index in [0.29, 0.717) is 5.11 Å². The first-order valence-electron chi connectivity index (χ1n) is 9.65. The first-order valence-corrected chi connectivity index (χ1v) is 10.1. The van der Waals surface area contributed by atoms with Crippen LogP contribution in [0, 0.1) is 13.8 Å². The maximum absolute atomic E-state index is 5.58. The lowest BCUT2D eigenvalue weighted by atomic mass is 10.0. The van der Waals surface area contributed by atoms with E-state index in [0.717, 1.165) is 44.3 Å². The van der Waals surface area contributed by atoms with Crippen molar-refractivity contribution in [3.8, 4) is 5.75 Å². The Bertz CT molecular complexity index is 769. The lowest BCUT2D eigenvalue weighted by molar-refractivity contribution is 0.0170. The summed E-state index contributed by atoms with van der Waals surface area (Å²) >= 11 is 5.58. The third kappa shape index (κ3) is 5.22. The zero-order valence-electron chi connectivity index (χ0n) is 16.8. The van der Waals surface area contributed by atoms with E-state index in [-0.39, 0.29) is 6.04 Å². The Balaban J connectivity index is 1.69. The SMILES string of the molecule is COc1ccc(C(CNC(=S)Nc2c(C)cccc2C)N2CCOCC2)cc1. The number of hydrogen-bond donors (Lipinski definition) is 2. The highest BCUT2D eigenvalue weighted by atomic mass is 32.1. The van der Waals surface area contributed by atoms with Crippen LogP contribution >= 0.6 is 12.2 Å². The molecule has 1 aliphatic rings. The van der Waals surface area contributed by atoms with Gasteiger partial charge in [0.15, 0.2) is 5.11 Å². The first-order chi connectivity index (χ1) is 13.6. The van der Waals surface area contributed by atoms with Crippen molar-refractivity contribution in [2.45, 2.75) is 19.9 Å². The Labute approximate surface area is 173 Å². The molecule has 0 saturated carbocycles. The van der Waals surface area contributed by atoms with Crippen LogP contribution in [0.5, 0.6) is 5.75 Å². The molecule has 1 unspecified atom stereocenters. The van der Waals surface area contributed by atoms with E-state index in [1.807, 2.05) is 12.1 Å².